The van der Waals surface area contributed by atoms with Gasteiger partial charge in [-0.1, -0.05) is 6.92 Å². The van der Waals surface area contributed by atoms with Crippen LogP contribution in [0.5, 0.6) is 0 Å². The van der Waals surface area contributed by atoms with Crippen LogP contribution >= 0.6 is 0 Å². The summed E-state index contributed by atoms with van der Waals surface area (Å²) in [5.41, 5.74) is 1.95. The molecule has 1 N–H and O–H groups in total. The fourth-order valence-electron chi connectivity index (χ4n) is 2.04. The lowest BCUT2D eigenvalue weighted by Crippen LogP contribution is -2.24. The van der Waals surface area contributed by atoms with Crippen LogP contribution in [-0.2, 0) is 13.1 Å². The molecule has 5 heteroatoms. The van der Waals surface area contributed by atoms with Gasteiger partial charge in [-0.3, -0.25) is 14.1 Å². The van der Waals surface area contributed by atoms with Gasteiger partial charge in [0, 0.05) is 37.4 Å². The first kappa shape index (κ1) is 13.4. The van der Waals surface area contributed by atoms with Crippen LogP contribution in [0.1, 0.15) is 26.0 Å². The van der Waals surface area contributed by atoms with E-state index in [0.29, 0.717) is 6.54 Å². The third-order valence-electron chi connectivity index (χ3n) is 2.91. The lowest BCUT2D eigenvalue weighted by molar-refractivity contribution is 0.621. The smallest absolute Gasteiger partial charge is 0.328 e. The monoisotopic (exact) mass is 260 g/mol. The Hall–Kier alpha value is -2.04. The maximum Gasteiger partial charge on any atom is 0.328 e. The highest BCUT2D eigenvalue weighted by molar-refractivity contribution is 5.42. The summed E-state index contributed by atoms with van der Waals surface area (Å²) in [5.74, 6) is 0. The first-order valence-corrected chi connectivity index (χ1v) is 6.69. The summed E-state index contributed by atoms with van der Waals surface area (Å²) in [6, 6.07) is 3.91. The molecule has 2 aromatic heterocycles. The SMILES string of the molecule is CCCn1ccn(Cc2cc(NCC)ccn2)c1=O. The Balaban J connectivity index is 2.16. The van der Waals surface area contributed by atoms with E-state index in [1.54, 1.807) is 15.3 Å². The number of nitrogens with one attached hydrogen (secondary N) is 1. The van der Waals surface area contributed by atoms with Crippen molar-refractivity contribution in [1.82, 2.24) is 14.1 Å². The predicted molar refractivity (Wildman–Crippen MR) is 76.5 cm³/mol. The van der Waals surface area contributed by atoms with E-state index in [-0.39, 0.29) is 5.69 Å². The molecule has 0 unspecified atom stereocenters. The Kier molecular flexibility index (Phi) is 4.39. The molecule has 0 radical (unpaired) electrons. The van der Waals surface area contributed by atoms with Crippen molar-refractivity contribution >= 4 is 5.69 Å². The zero-order valence-corrected chi connectivity index (χ0v) is 11.5. The van der Waals surface area contributed by atoms with E-state index >= 15 is 0 Å². The van der Waals surface area contributed by atoms with Crippen molar-refractivity contribution in [3.63, 3.8) is 0 Å². The number of rotatable bonds is 6. The van der Waals surface area contributed by atoms with Crippen LogP contribution in [0.15, 0.2) is 35.5 Å². The summed E-state index contributed by atoms with van der Waals surface area (Å²) >= 11 is 0. The number of hydrogen-bond donors (Lipinski definition) is 1. The molecule has 19 heavy (non-hydrogen) atoms. The van der Waals surface area contributed by atoms with Gasteiger partial charge in [-0.15, -0.1) is 0 Å². The Morgan fingerprint density at radius 2 is 2.05 bits per heavy atom. The van der Waals surface area contributed by atoms with Gasteiger partial charge in [0.05, 0.1) is 12.2 Å². The molecule has 2 heterocycles. The maximum absolute atomic E-state index is 12.1. The summed E-state index contributed by atoms with van der Waals surface area (Å²) in [7, 11) is 0. The largest absolute Gasteiger partial charge is 0.385 e. The van der Waals surface area contributed by atoms with E-state index in [2.05, 4.69) is 24.1 Å². The highest BCUT2D eigenvalue weighted by atomic mass is 16.1. The maximum atomic E-state index is 12.1. The van der Waals surface area contributed by atoms with Gasteiger partial charge in [-0.25, -0.2) is 4.79 Å². The highest BCUT2D eigenvalue weighted by Gasteiger charge is 2.04. The average molecular weight is 260 g/mol. The van der Waals surface area contributed by atoms with Crippen molar-refractivity contribution < 1.29 is 0 Å². The van der Waals surface area contributed by atoms with Crippen LogP contribution < -0.4 is 11.0 Å². The molecule has 0 spiro atoms. The minimum atomic E-state index is 0.0255. The molecule has 0 aliphatic heterocycles. The van der Waals surface area contributed by atoms with Crippen molar-refractivity contribution in [2.75, 3.05) is 11.9 Å². The van der Waals surface area contributed by atoms with E-state index in [0.717, 1.165) is 30.9 Å². The van der Waals surface area contributed by atoms with Gasteiger partial charge in [0.15, 0.2) is 0 Å². The van der Waals surface area contributed by atoms with Gasteiger partial charge >= 0.3 is 5.69 Å². The quantitative estimate of drug-likeness (QED) is 0.863. The second-order valence-corrected chi connectivity index (χ2v) is 4.47. The fraction of sp³-hybridized carbons (Fsp3) is 0.429. The lowest BCUT2D eigenvalue weighted by Gasteiger charge is -2.06. The van der Waals surface area contributed by atoms with Gasteiger partial charge in [0.1, 0.15) is 0 Å². The van der Waals surface area contributed by atoms with Gasteiger partial charge < -0.3 is 5.32 Å². The van der Waals surface area contributed by atoms with Crippen LogP contribution in [0.3, 0.4) is 0 Å². The van der Waals surface area contributed by atoms with E-state index in [1.807, 2.05) is 24.5 Å². The van der Waals surface area contributed by atoms with E-state index in [4.69, 9.17) is 0 Å². The lowest BCUT2D eigenvalue weighted by atomic mass is 10.3. The molecule has 0 saturated heterocycles. The predicted octanol–water partition coefficient (Wildman–Crippen LogP) is 1.93. The van der Waals surface area contributed by atoms with Crippen molar-refractivity contribution in [3.8, 4) is 0 Å². The molecule has 0 atom stereocenters. The Morgan fingerprint density at radius 3 is 2.79 bits per heavy atom. The number of aryl methyl sites for hydroxylation is 1. The van der Waals surface area contributed by atoms with Crippen LogP contribution in [-0.4, -0.2) is 20.7 Å². The molecule has 2 aromatic rings. The Morgan fingerprint density at radius 1 is 1.26 bits per heavy atom. The summed E-state index contributed by atoms with van der Waals surface area (Å²) in [4.78, 5) is 16.4. The summed E-state index contributed by atoms with van der Waals surface area (Å²) in [6.45, 7) is 6.25. The minimum absolute atomic E-state index is 0.0255. The summed E-state index contributed by atoms with van der Waals surface area (Å²) in [6.07, 6.45) is 6.37. The second kappa shape index (κ2) is 6.22. The van der Waals surface area contributed by atoms with Gasteiger partial charge in [0.2, 0.25) is 0 Å². The molecule has 2 rings (SSSR count). The molecule has 5 nitrogen and oxygen atoms in total. The van der Waals surface area contributed by atoms with Crippen LogP contribution in [0.25, 0.3) is 0 Å². The first-order chi connectivity index (χ1) is 9.24. The number of nitrogens with zero attached hydrogens (tertiary/aromatic N) is 3. The zero-order valence-electron chi connectivity index (χ0n) is 11.5. The van der Waals surface area contributed by atoms with Gasteiger partial charge in [-0.2, -0.15) is 0 Å². The van der Waals surface area contributed by atoms with Crippen molar-refractivity contribution in [2.45, 2.75) is 33.4 Å². The highest BCUT2D eigenvalue weighted by Crippen LogP contribution is 2.08. The Bertz CT molecular complexity index is 585. The van der Waals surface area contributed by atoms with Crippen LogP contribution in [0.4, 0.5) is 5.69 Å². The van der Waals surface area contributed by atoms with Gasteiger partial charge in [-0.05, 0) is 25.5 Å². The van der Waals surface area contributed by atoms with Crippen molar-refractivity contribution in [3.05, 3.63) is 46.9 Å². The summed E-state index contributed by atoms with van der Waals surface area (Å²) < 4.78 is 3.42. The fourth-order valence-corrected chi connectivity index (χ4v) is 2.04. The summed E-state index contributed by atoms with van der Waals surface area (Å²) in [5, 5.41) is 3.24. The van der Waals surface area contributed by atoms with E-state index < -0.39 is 0 Å². The van der Waals surface area contributed by atoms with Crippen molar-refractivity contribution in [2.24, 2.45) is 0 Å². The Labute approximate surface area is 112 Å². The number of aromatic nitrogens is 3. The van der Waals surface area contributed by atoms with E-state index in [1.165, 1.54) is 0 Å². The zero-order chi connectivity index (χ0) is 13.7. The number of imidazole rings is 1. The number of hydrogen-bond acceptors (Lipinski definition) is 3. The molecule has 0 aliphatic rings. The van der Waals surface area contributed by atoms with Crippen molar-refractivity contribution in [1.29, 1.82) is 0 Å². The minimum Gasteiger partial charge on any atom is -0.385 e. The standard InChI is InChI=1S/C14H20N4O/c1-3-7-17-8-9-18(14(17)19)11-13-10-12(15-4-2)5-6-16-13/h5-6,8-10H,3-4,7,11H2,1-2H3,(H,15,16). The molecule has 0 fully saturated rings. The first-order valence-electron chi connectivity index (χ1n) is 6.69. The number of anilines is 1. The van der Waals surface area contributed by atoms with E-state index in [9.17, 15) is 4.79 Å². The molecule has 0 aliphatic carbocycles. The molecular weight excluding hydrogens is 240 g/mol. The average Bonchev–Trinajstić information content (AvgIpc) is 2.73. The third-order valence-corrected chi connectivity index (χ3v) is 2.91. The molecule has 102 valence electrons. The molecular formula is C14H20N4O. The third kappa shape index (κ3) is 3.24. The molecule has 0 saturated carbocycles. The molecule has 0 aromatic carbocycles. The number of pyridine rings is 1. The topological polar surface area (TPSA) is 51.9 Å². The van der Waals surface area contributed by atoms with Gasteiger partial charge in [0.25, 0.3) is 0 Å². The normalized spacial score (nSPS) is 10.6. The molecule has 0 bridgehead atoms. The van der Waals surface area contributed by atoms with Crippen LogP contribution in [0.2, 0.25) is 0 Å². The molecule has 0 amide bonds. The second-order valence-electron chi connectivity index (χ2n) is 4.47. The van der Waals surface area contributed by atoms with Crippen LogP contribution in [0, 0.1) is 0 Å².